The van der Waals surface area contributed by atoms with Crippen LogP contribution in [-0.2, 0) is 0 Å². The summed E-state index contributed by atoms with van der Waals surface area (Å²) in [6.07, 6.45) is 7.36. The van der Waals surface area contributed by atoms with E-state index in [0.717, 1.165) is 18.8 Å². The van der Waals surface area contributed by atoms with Gasteiger partial charge in [-0.2, -0.15) is 0 Å². The van der Waals surface area contributed by atoms with Crippen molar-refractivity contribution in [3.8, 4) is 0 Å². The van der Waals surface area contributed by atoms with Crippen molar-refractivity contribution in [1.82, 2.24) is 4.90 Å². The van der Waals surface area contributed by atoms with Gasteiger partial charge in [0.2, 0.25) is 0 Å². The van der Waals surface area contributed by atoms with E-state index in [1.165, 1.54) is 32.2 Å². The molecule has 2 aliphatic carbocycles. The minimum Gasteiger partial charge on any atom is -0.393 e. The second-order valence-corrected chi connectivity index (χ2v) is 4.86. The Morgan fingerprint density at radius 2 is 2.00 bits per heavy atom. The van der Waals surface area contributed by atoms with Crippen LogP contribution < -0.4 is 0 Å². The van der Waals surface area contributed by atoms with Crippen LogP contribution in [0.4, 0.5) is 0 Å². The maximum absolute atomic E-state index is 9.55. The molecule has 0 radical (unpaired) electrons. The van der Waals surface area contributed by atoms with Gasteiger partial charge in [0, 0.05) is 12.6 Å². The Kier molecular flexibility index (Phi) is 2.89. The summed E-state index contributed by atoms with van der Waals surface area (Å²) in [5.74, 6) is 0.976. The lowest BCUT2D eigenvalue weighted by Crippen LogP contribution is -2.38. The molecule has 0 amide bonds. The molecule has 13 heavy (non-hydrogen) atoms. The fraction of sp³-hybridized carbons (Fsp3) is 1.00. The van der Waals surface area contributed by atoms with Crippen LogP contribution in [0, 0.1) is 5.92 Å². The molecule has 0 spiro atoms. The first kappa shape index (κ1) is 9.47. The molecule has 2 aliphatic rings. The molecule has 2 fully saturated rings. The second kappa shape index (κ2) is 3.97. The summed E-state index contributed by atoms with van der Waals surface area (Å²) in [6.45, 7) is 1.26. The molecule has 76 valence electrons. The molecule has 0 heterocycles. The molecule has 2 saturated carbocycles. The highest BCUT2D eigenvalue weighted by Gasteiger charge is 2.28. The SMILES string of the molecule is CN(CC1CC1)C1CCCC(O)C1. The van der Waals surface area contributed by atoms with Crippen molar-refractivity contribution in [2.24, 2.45) is 5.92 Å². The Balaban J connectivity index is 1.76. The van der Waals surface area contributed by atoms with Crippen LogP contribution in [-0.4, -0.2) is 35.7 Å². The summed E-state index contributed by atoms with van der Waals surface area (Å²) in [5.41, 5.74) is 0. The van der Waals surface area contributed by atoms with Crippen molar-refractivity contribution in [2.75, 3.05) is 13.6 Å². The second-order valence-electron chi connectivity index (χ2n) is 4.86. The number of hydrogen-bond acceptors (Lipinski definition) is 2. The van der Waals surface area contributed by atoms with Gasteiger partial charge in [0.05, 0.1) is 6.10 Å². The highest BCUT2D eigenvalue weighted by atomic mass is 16.3. The number of nitrogens with zero attached hydrogens (tertiary/aromatic N) is 1. The van der Waals surface area contributed by atoms with Crippen LogP contribution in [0.25, 0.3) is 0 Å². The summed E-state index contributed by atoms with van der Waals surface area (Å²) in [5, 5.41) is 9.55. The van der Waals surface area contributed by atoms with Crippen LogP contribution in [0.2, 0.25) is 0 Å². The lowest BCUT2D eigenvalue weighted by atomic mass is 9.92. The van der Waals surface area contributed by atoms with Crippen LogP contribution in [0.15, 0.2) is 0 Å². The fourth-order valence-corrected chi connectivity index (χ4v) is 2.40. The van der Waals surface area contributed by atoms with Gasteiger partial charge >= 0.3 is 0 Å². The molecule has 2 rings (SSSR count). The first-order valence-corrected chi connectivity index (χ1v) is 5.64. The van der Waals surface area contributed by atoms with Crippen molar-refractivity contribution < 1.29 is 5.11 Å². The normalized spacial score (nSPS) is 35.3. The molecule has 0 aromatic heterocycles. The zero-order valence-electron chi connectivity index (χ0n) is 8.58. The summed E-state index contributed by atoms with van der Waals surface area (Å²) < 4.78 is 0. The van der Waals surface area contributed by atoms with Gasteiger partial charge in [-0.05, 0) is 51.5 Å². The average molecular weight is 183 g/mol. The van der Waals surface area contributed by atoms with Gasteiger partial charge in [-0.15, -0.1) is 0 Å². The van der Waals surface area contributed by atoms with Crippen molar-refractivity contribution in [3.05, 3.63) is 0 Å². The van der Waals surface area contributed by atoms with E-state index in [0.29, 0.717) is 6.04 Å². The molecule has 0 aliphatic heterocycles. The minimum atomic E-state index is -0.0274. The van der Waals surface area contributed by atoms with Crippen molar-refractivity contribution in [1.29, 1.82) is 0 Å². The molecule has 2 unspecified atom stereocenters. The fourth-order valence-electron chi connectivity index (χ4n) is 2.40. The zero-order chi connectivity index (χ0) is 9.26. The number of hydrogen-bond donors (Lipinski definition) is 1. The third-order valence-corrected chi connectivity index (χ3v) is 3.49. The molecule has 0 bridgehead atoms. The average Bonchev–Trinajstić information content (AvgIpc) is 2.88. The topological polar surface area (TPSA) is 23.5 Å². The maximum Gasteiger partial charge on any atom is 0.0555 e. The lowest BCUT2D eigenvalue weighted by Gasteiger charge is -2.33. The highest BCUT2D eigenvalue weighted by molar-refractivity contribution is 4.83. The monoisotopic (exact) mass is 183 g/mol. The molecule has 0 aromatic rings. The maximum atomic E-state index is 9.55. The van der Waals surface area contributed by atoms with Gasteiger partial charge < -0.3 is 10.0 Å². The van der Waals surface area contributed by atoms with E-state index in [2.05, 4.69) is 11.9 Å². The molecule has 2 heteroatoms. The quantitative estimate of drug-likeness (QED) is 0.719. The Morgan fingerprint density at radius 1 is 1.23 bits per heavy atom. The predicted octanol–water partition coefficient (Wildman–Crippen LogP) is 1.63. The third-order valence-electron chi connectivity index (χ3n) is 3.49. The Bertz CT molecular complexity index is 167. The summed E-state index contributed by atoms with van der Waals surface area (Å²) in [6, 6.07) is 0.657. The largest absolute Gasteiger partial charge is 0.393 e. The first-order chi connectivity index (χ1) is 6.25. The van der Waals surface area contributed by atoms with E-state index in [-0.39, 0.29) is 6.10 Å². The van der Waals surface area contributed by atoms with Crippen LogP contribution in [0.3, 0.4) is 0 Å². The van der Waals surface area contributed by atoms with Crippen LogP contribution in [0.1, 0.15) is 38.5 Å². The van der Waals surface area contributed by atoms with Crippen LogP contribution in [0.5, 0.6) is 0 Å². The van der Waals surface area contributed by atoms with Crippen molar-refractivity contribution in [2.45, 2.75) is 50.7 Å². The number of aliphatic hydroxyl groups is 1. The predicted molar refractivity (Wildman–Crippen MR) is 53.6 cm³/mol. The van der Waals surface area contributed by atoms with E-state index in [1.54, 1.807) is 0 Å². The highest BCUT2D eigenvalue weighted by Crippen LogP contribution is 2.31. The minimum absolute atomic E-state index is 0.0274. The summed E-state index contributed by atoms with van der Waals surface area (Å²) in [4.78, 5) is 2.47. The lowest BCUT2D eigenvalue weighted by molar-refractivity contribution is 0.0711. The molecule has 2 atom stereocenters. The van der Waals surface area contributed by atoms with E-state index >= 15 is 0 Å². The Morgan fingerprint density at radius 3 is 2.62 bits per heavy atom. The standard InChI is InChI=1S/C11H21NO/c1-12(8-9-5-6-9)10-3-2-4-11(13)7-10/h9-11,13H,2-8H2,1H3. The van der Waals surface area contributed by atoms with Gasteiger partial charge in [0.25, 0.3) is 0 Å². The molecule has 0 aromatic carbocycles. The molecular weight excluding hydrogens is 162 g/mol. The van der Waals surface area contributed by atoms with E-state index in [9.17, 15) is 5.11 Å². The summed E-state index contributed by atoms with van der Waals surface area (Å²) in [7, 11) is 2.22. The number of aliphatic hydroxyl groups excluding tert-OH is 1. The molecule has 0 saturated heterocycles. The van der Waals surface area contributed by atoms with Gasteiger partial charge in [-0.3, -0.25) is 0 Å². The van der Waals surface area contributed by atoms with Gasteiger partial charge in [-0.1, -0.05) is 0 Å². The Hall–Kier alpha value is -0.0800. The molecule has 1 N–H and O–H groups in total. The smallest absolute Gasteiger partial charge is 0.0555 e. The number of rotatable bonds is 3. The molecule has 2 nitrogen and oxygen atoms in total. The van der Waals surface area contributed by atoms with Gasteiger partial charge in [-0.25, -0.2) is 0 Å². The van der Waals surface area contributed by atoms with E-state index in [4.69, 9.17) is 0 Å². The van der Waals surface area contributed by atoms with Gasteiger partial charge in [0.1, 0.15) is 0 Å². The summed E-state index contributed by atoms with van der Waals surface area (Å²) >= 11 is 0. The van der Waals surface area contributed by atoms with Crippen LogP contribution >= 0.6 is 0 Å². The van der Waals surface area contributed by atoms with E-state index in [1.807, 2.05) is 0 Å². The molecular formula is C11H21NO. The van der Waals surface area contributed by atoms with Gasteiger partial charge in [0.15, 0.2) is 0 Å². The van der Waals surface area contributed by atoms with E-state index < -0.39 is 0 Å². The Labute approximate surface area is 80.9 Å². The third kappa shape index (κ3) is 2.68. The van der Waals surface area contributed by atoms with Crippen molar-refractivity contribution in [3.63, 3.8) is 0 Å². The van der Waals surface area contributed by atoms with Crippen molar-refractivity contribution >= 4 is 0 Å². The zero-order valence-corrected chi connectivity index (χ0v) is 8.58. The first-order valence-electron chi connectivity index (χ1n) is 5.64.